The molecule has 3 N–H and O–H groups in total. The Bertz CT molecular complexity index is 388. The molecule has 0 amide bonds. The maximum atomic E-state index is 9.41. The van der Waals surface area contributed by atoms with Crippen LogP contribution in [0.4, 0.5) is 0 Å². The topological polar surface area (TPSA) is 52.5 Å². The third-order valence-electron chi connectivity index (χ3n) is 2.54. The fourth-order valence-electron chi connectivity index (χ4n) is 1.54. The number of rotatable bonds is 8. The molecule has 0 aromatic heterocycles. The predicted octanol–water partition coefficient (Wildman–Crippen LogP) is 2.53. The molecule has 0 saturated heterocycles. The molecule has 0 bridgehead atoms. The molecular formula is C14H22ClNO2S. The lowest BCUT2D eigenvalue weighted by molar-refractivity contribution is 0.113. The van der Waals surface area contributed by atoms with E-state index in [4.69, 9.17) is 16.7 Å². The Morgan fingerprint density at radius 1 is 1.37 bits per heavy atom. The van der Waals surface area contributed by atoms with Crippen molar-refractivity contribution in [1.82, 2.24) is 5.32 Å². The van der Waals surface area contributed by atoms with Crippen LogP contribution in [0.15, 0.2) is 23.1 Å². The van der Waals surface area contributed by atoms with Crippen molar-refractivity contribution in [3.63, 3.8) is 0 Å². The highest BCUT2D eigenvalue weighted by Crippen LogP contribution is 2.27. The molecular weight excluding hydrogens is 282 g/mol. The summed E-state index contributed by atoms with van der Waals surface area (Å²) in [5, 5.41) is 22.3. The number of aliphatic hydroxyl groups is 2. The van der Waals surface area contributed by atoms with Crippen LogP contribution >= 0.6 is 23.4 Å². The second-order valence-corrected chi connectivity index (χ2v) is 6.42. The summed E-state index contributed by atoms with van der Waals surface area (Å²) in [6, 6.07) is 5.78. The number of benzene rings is 1. The van der Waals surface area contributed by atoms with Crippen LogP contribution in [-0.2, 0) is 6.54 Å². The van der Waals surface area contributed by atoms with Gasteiger partial charge in [-0.3, -0.25) is 0 Å². The van der Waals surface area contributed by atoms with Gasteiger partial charge in [-0.25, -0.2) is 0 Å². The molecule has 1 aromatic carbocycles. The zero-order chi connectivity index (χ0) is 14.3. The van der Waals surface area contributed by atoms with Gasteiger partial charge in [-0.1, -0.05) is 31.5 Å². The molecule has 1 rings (SSSR count). The smallest absolute Gasteiger partial charge is 0.0864 e. The standard InChI is InChI=1S/C14H22ClNO2S/c1-10(2)6-16-7-11-3-4-12(15)5-14(11)19-9-13(18)8-17/h3-5,10,13,16-18H,6-9H2,1-2H3. The van der Waals surface area contributed by atoms with Crippen molar-refractivity contribution in [2.24, 2.45) is 5.92 Å². The quantitative estimate of drug-likeness (QED) is 0.646. The molecule has 0 saturated carbocycles. The van der Waals surface area contributed by atoms with Crippen molar-refractivity contribution < 1.29 is 10.2 Å². The maximum absolute atomic E-state index is 9.41. The minimum Gasteiger partial charge on any atom is -0.394 e. The molecule has 0 aliphatic carbocycles. The van der Waals surface area contributed by atoms with Gasteiger partial charge in [-0.15, -0.1) is 11.8 Å². The second-order valence-electron chi connectivity index (χ2n) is 4.92. The highest BCUT2D eigenvalue weighted by Gasteiger charge is 2.08. The molecule has 0 aliphatic heterocycles. The Morgan fingerprint density at radius 3 is 2.74 bits per heavy atom. The van der Waals surface area contributed by atoms with Gasteiger partial charge in [0.25, 0.3) is 0 Å². The van der Waals surface area contributed by atoms with Gasteiger partial charge in [0.2, 0.25) is 0 Å². The van der Waals surface area contributed by atoms with E-state index in [2.05, 4.69) is 19.2 Å². The van der Waals surface area contributed by atoms with Crippen LogP contribution in [-0.4, -0.2) is 35.2 Å². The Balaban J connectivity index is 2.63. The number of hydrogen-bond donors (Lipinski definition) is 3. The monoisotopic (exact) mass is 303 g/mol. The molecule has 19 heavy (non-hydrogen) atoms. The first-order valence-electron chi connectivity index (χ1n) is 6.43. The average Bonchev–Trinajstić information content (AvgIpc) is 2.37. The maximum Gasteiger partial charge on any atom is 0.0864 e. The Hall–Kier alpha value is -0.260. The van der Waals surface area contributed by atoms with E-state index >= 15 is 0 Å². The lowest BCUT2D eigenvalue weighted by Crippen LogP contribution is -2.19. The molecule has 1 unspecified atom stereocenters. The SMILES string of the molecule is CC(C)CNCc1ccc(Cl)cc1SCC(O)CO. The summed E-state index contributed by atoms with van der Waals surface area (Å²) in [6.45, 7) is 5.87. The van der Waals surface area contributed by atoms with E-state index in [1.54, 1.807) is 0 Å². The Kier molecular flexibility index (Phi) is 7.80. The second kappa shape index (κ2) is 8.82. The molecule has 0 fully saturated rings. The number of aliphatic hydroxyl groups excluding tert-OH is 2. The van der Waals surface area contributed by atoms with Crippen LogP contribution in [0.1, 0.15) is 19.4 Å². The minimum atomic E-state index is -0.694. The fourth-order valence-corrected chi connectivity index (χ4v) is 2.79. The van der Waals surface area contributed by atoms with Crippen molar-refractivity contribution in [2.75, 3.05) is 18.9 Å². The fraction of sp³-hybridized carbons (Fsp3) is 0.571. The van der Waals surface area contributed by atoms with Gasteiger partial charge in [0.1, 0.15) is 0 Å². The highest BCUT2D eigenvalue weighted by atomic mass is 35.5. The van der Waals surface area contributed by atoms with Gasteiger partial charge in [-0.05, 0) is 30.2 Å². The van der Waals surface area contributed by atoms with Crippen molar-refractivity contribution in [1.29, 1.82) is 0 Å². The van der Waals surface area contributed by atoms with Crippen LogP contribution < -0.4 is 5.32 Å². The first-order chi connectivity index (χ1) is 9.02. The van der Waals surface area contributed by atoms with Crippen LogP contribution in [0.2, 0.25) is 5.02 Å². The van der Waals surface area contributed by atoms with E-state index in [9.17, 15) is 5.11 Å². The zero-order valence-corrected chi connectivity index (χ0v) is 13.0. The van der Waals surface area contributed by atoms with Crippen LogP contribution in [0, 0.1) is 5.92 Å². The van der Waals surface area contributed by atoms with E-state index in [0.717, 1.165) is 18.0 Å². The zero-order valence-electron chi connectivity index (χ0n) is 11.4. The summed E-state index contributed by atoms with van der Waals surface area (Å²) in [5.41, 5.74) is 1.17. The summed E-state index contributed by atoms with van der Waals surface area (Å²) in [7, 11) is 0. The third-order valence-corrected chi connectivity index (χ3v) is 4.02. The van der Waals surface area contributed by atoms with Gasteiger partial charge in [-0.2, -0.15) is 0 Å². The van der Waals surface area contributed by atoms with Gasteiger partial charge < -0.3 is 15.5 Å². The number of hydrogen-bond acceptors (Lipinski definition) is 4. The largest absolute Gasteiger partial charge is 0.394 e. The Labute approximate surface area is 124 Å². The first-order valence-corrected chi connectivity index (χ1v) is 7.80. The molecule has 0 radical (unpaired) electrons. The Morgan fingerprint density at radius 2 is 2.11 bits per heavy atom. The van der Waals surface area contributed by atoms with E-state index in [-0.39, 0.29) is 6.61 Å². The van der Waals surface area contributed by atoms with E-state index in [0.29, 0.717) is 16.7 Å². The third kappa shape index (κ3) is 6.63. The molecule has 5 heteroatoms. The molecule has 1 aromatic rings. The van der Waals surface area contributed by atoms with Crippen molar-refractivity contribution in [2.45, 2.75) is 31.4 Å². The van der Waals surface area contributed by atoms with Gasteiger partial charge in [0.15, 0.2) is 0 Å². The normalized spacial score (nSPS) is 12.9. The van der Waals surface area contributed by atoms with E-state index in [1.807, 2.05) is 18.2 Å². The molecule has 0 spiro atoms. The van der Waals surface area contributed by atoms with Crippen molar-refractivity contribution in [3.8, 4) is 0 Å². The van der Waals surface area contributed by atoms with E-state index in [1.165, 1.54) is 17.3 Å². The van der Waals surface area contributed by atoms with Gasteiger partial charge in [0, 0.05) is 22.2 Å². The summed E-state index contributed by atoms with van der Waals surface area (Å²) >= 11 is 7.52. The molecule has 1 atom stereocenters. The summed E-state index contributed by atoms with van der Waals surface area (Å²) in [6.07, 6.45) is -0.694. The molecule has 0 heterocycles. The van der Waals surface area contributed by atoms with Crippen LogP contribution in [0.5, 0.6) is 0 Å². The van der Waals surface area contributed by atoms with Crippen molar-refractivity contribution >= 4 is 23.4 Å². The number of nitrogens with one attached hydrogen (secondary N) is 1. The van der Waals surface area contributed by atoms with Crippen molar-refractivity contribution in [3.05, 3.63) is 28.8 Å². The number of halogens is 1. The van der Waals surface area contributed by atoms with E-state index < -0.39 is 6.10 Å². The lowest BCUT2D eigenvalue weighted by atomic mass is 10.2. The summed E-state index contributed by atoms with van der Waals surface area (Å²) in [4.78, 5) is 1.05. The van der Waals surface area contributed by atoms with Crippen LogP contribution in [0.25, 0.3) is 0 Å². The van der Waals surface area contributed by atoms with Gasteiger partial charge >= 0.3 is 0 Å². The highest BCUT2D eigenvalue weighted by molar-refractivity contribution is 7.99. The lowest BCUT2D eigenvalue weighted by Gasteiger charge is -2.13. The molecule has 108 valence electrons. The number of thioether (sulfide) groups is 1. The summed E-state index contributed by atoms with van der Waals surface area (Å²) < 4.78 is 0. The first kappa shape index (κ1) is 16.8. The minimum absolute atomic E-state index is 0.214. The molecule has 0 aliphatic rings. The average molecular weight is 304 g/mol. The van der Waals surface area contributed by atoms with Crippen LogP contribution in [0.3, 0.4) is 0 Å². The predicted molar refractivity (Wildman–Crippen MR) is 81.8 cm³/mol. The summed E-state index contributed by atoms with van der Waals surface area (Å²) in [5.74, 6) is 1.08. The molecule has 3 nitrogen and oxygen atoms in total. The van der Waals surface area contributed by atoms with Gasteiger partial charge in [0.05, 0.1) is 12.7 Å².